The number of hydrogen-bond donors (Lipinski definition) is 1. The van der Waals surface area contributed by atoms with E-state index in [0.29, 0.717) is 25.9 Å². The molecule has 1 aliphatic rings. The quantitative estimate of drug-likeness (QED) is 0.884. The summed E-state index contributed by atoms with van der Waals surface area (Å²) in [6, 6.07) is 3.67. The molecule has 2 heterocycles. The van der Waals surface area contributed by atoms with Gasteiger partial charge in [0.15, 0.2) is 0 Å². The van der Waals surface area contributed by atoms with Gasteiger partial charge < -0.3 is 14.8 Å². The highest BCUT2D eigenvalue weighted by Gasteiger charge is 2.29. The van der Waals surface area contributed by atoms with Gasteiger partial charge in [0.05, 0.1) is 0 Å². The van der Waals surface area contributed by atoms with E-state index in [1.807, 2.05) is 31.5 Å². The highest BCUT2D eigenvalue weighted by atomic mass is 16.2. The van der Waals surface area contributed by atoms with Crippen LogP contribution in [0.15, 0.2) is 24.5 Å². The zero-order valence-corrected chi connectivity index (χ0v) is 12.0. The normalized spacial score (nSPS) is 19.6. The average Bonchev–Trinajstić information content (AvgIpc) is 2.87. The Bertz CT molecular complexity index is 442. The molecule has 1 N–H and O–H groups in total. The van der Waals surface area contributed by atoms with Crippen molar-refractivity contribution in [3.05, 3.63) is 24.5 Å². The van der Waals surface area contributed by atoms with Gasteiger partial charge in [0.25, 0.3) is 0 Å². The second kappa shape index (κ2) is 7.12. The summed E-state index contributed by atoms with van der Waals surface area (Å²) in [6.07, 6.45) is 6.82. The van der Waals surface area contributed by atoms with E-state index >= 15 is 0 Å². The summed E-state index contributed by atoms with van der Waals surface area (Å²) in [5.74, 6) is 0.0878. The van der Waals surface area contributed by atoms with E-state index in [9.17, 15) is 9.59 Å². The summed E-state index contributed by atoms with van der Waals surface area (Å²) in [5, 5.41) is 2.87. The van der Waals surface area contributed by atoms with Crippen LogP contribution in [0, 0.1) is 0 Å². The van der Waals surface area contributed by atoms with E-state index in [0.717, 1.165) is 19.4 Å². The van der Waals surface area contributed by atoms with Crippen molar-refractivity contribution in [2.75, 3.05) is 13.1 Å². The Morgan fingerprint density at radius 2 is 2.15 bits per heavy atom. The van der Waals surface area contributed by atoms with Crippen LogP contribution in [0.25, 0.3) is 0 Å². The molecule has 1 aromatic heterocycles. The van der Waals surface area contributed by atoms with Crippen LogP contribution < -0.4 is 5.32 Å². The molecular weight excluding hydrogens is 254 g/mol. The minimum Gasteiger partial charge on any atom is -0.354 e. The number of carbonyl (C=O) groups excluding carboxylic acids is 2. The van der Waals surface area contributed by atoms with Crippen molar-refractivity contribution in [3.63, 3.8) is 0 Å². The molecule has 2 amide bonds. The second-order valence-electron chi connectivity index (χ2n) is 5.18. The van der Waals surface area contributed by atoms with Crippen molar-refractivity contribution < 1.29 is 9.59 Å². The lowest BCUT2D eigenvalue weighted by Gasteiger charge is -2.27. The predicted octanol–water partition coefficient (Wildman–Crippen LogP) is 1.40. The number of aromatic nitrogens is 1. The van der Waals surface area contributed by atoms with Gasteiger partial charge in [-0.1, -0.05) is 6.92 Å². The van der Waals surface area contributed by atoms with Gasteiger partial charge in [0.2, 0.25) is 11.8 Å². The smallest absolute Gasteiger partial charge is 0.242 e. The lowest BCUT2D eigenvalue weighted by molar-refractivity contribution is -0.139. The van der Waals surface area contributed by atoms with Gasteiger partial charge in [-0.25, -0.2) is 0 Å². The second-order valence-corrected chi connectivity index (χ2v) is 5.18. The number of rotatable bonds is 5. The lowest BCUT2D eigenvalue weighted by Crippen LogP contribution is -2.46. The van der Waals surface area contributed by atoms with Crippen molar-refractivity contribution in [2.24, 2.45) is 0 Å². The third kappa shape index (κ3) is 3.62. The van der Waals surface area contributed by atoms with Crippen molar-refractivity contribution in [1.82, 2.24) is 14.8 Å². The molecule has 0 spiro atoms. The number of hydrogen-bond acceptors (Lipinski definition) is 2. The fraction of sp³-hybridized carbons (Fsp3) is 0.600. The summed E-state index contributed by atoms with van der Waals surface area (Å²) < 4.78 is 2.07. The average molecular weight is 277 g/mol. The summed E-state index contributed by atoms with van der Waals surface area (Å²) in [7, 11) is 0. The number of carbonyl (C=O) groups is 2. The van der Waals surface area contributed by atoms with Crippen molar-refractivity contribution >= 4 is 11.8 Å². The first-order chi connectivity index (χ1) is 9.72. The molecular formula is C15H23N3O2. The van der Waals surface area contributed by atoms with Crippen molar-refractivity contribution in [2.45, 2.75) is 45.2 Å². The summed E-state index contributed by atoms with van der Waals surface area (Å²) in [5.41, 5.74) is 0. The third-order valence-electron chi connectivity index (χ3n) is 3.73. The zero-order chi connectivity index (χ0) is 14.4. The van der Waals surface area contributed by atoms with E-state index < -0.39 is 0 Å². The van der Waals surface area contributed by atoms with Crippen molar-refractivity contribution in [1.29, 1.82) is 0 Å². The third-order valence-corrected chi connectivity index (χ3v) is 3.73. The van der Waals surface area contributed by atoms with Crippen LogP contribution in [-0.2, 0) is 16.1 Å². The summed E-state index contributed by atoms with van der Waals surface area (Å²) >= 11 is 0. The van der Waals surface area contributed by atoms with Gasteiger partial charge in [-0.2, -0.15) is 0 Å². The maximum atomic E-state index is 12.3. The first-order valence-electron chi connectivity index (χ1n) is 7.40. The van der Waals surface area contributed by atoms with Crippen LogP contribution in [0.5, 0.6) is 0 Å². The molecule has 0 radical (unpaired) electrons. The zero-order valence-electron chi connectivity index (χ0n) is 12.0. The topological polar surface area (TPSA) is 54.3 Å². The SMILES string of the molecule is CC[C@@H]1C(=O)NCCCN1C(=O)CCCn1cccc1. The molecule has 5 nitrogen and oxygen atoms in total. The van der Waals surface area contributed by atoms with Gasteiger partial charge >= 0.3 is 0 Å². The number of amides is 2. The molecule has 1 saturated heterocycles. The maximum absolute atomic E-state index is 12.3. The molecule has 0 unspecified atom stereocenters. The van der Waals surface area contributed by atoms with Crippen LogP contribution in [0.4, 0.5) is 0 Å². The molecule has 1 fully saturated rings. The molecule has 1 aliphatic heterocycles. The summed E-state index contributed by atoms with van der Waals surface area (Å²) in [6.45, 7) is 4.15. The van der Waals surface area contributed by atoms with Gasteiger partial charge in [-0.3, -0.25) is 9.59 Å². The largest absolute Gasteiger partial charge is 0.354 e. The van der Waals surface area contributed by atoms with Gasteiger partial charge in [-0.05, 0) is 31.4 Å². The fourth-order valence-electron chi connectivity index (χ4n) is 2.66. The molecule has 1 aromatic rings. The lowest BCUT2D eigenvalue weighted by atomic mass is 10.1. The maximum Gasteiger partial charge on any atom is 0.242 e. The molecule has 0 saturated carbocycles. The van der Waals surface area contributed by atoms with E-state index in [1.165, 1.54) is 0 Å². The first-order valence-corrected chi connectivity index (χ1v) is 7.40. The molecule has 5 heteroatoms. The molecule has 1 atom stereocenters. The molecule has 0 aromatic carbocycles. The number of aryl methyl sites for hydroxylation is 1. The van der Waals surface area contributed by atoms with Crippen LogP contribution in [0.2, 0.25) is 0 Å². The van der Waals surface area contributed by atoms with Crippen LogP contribution >= 0.6 is 0 Å². The van der Waals surface area contributed by atoms with E-state index in [-0.39, 0.29) is 17.9 Å². The van der Waals surface area contributed by atoms with E-state index in [4.69, 9.17) is 0 Å². The molecule has 2 rings (SSSR count). The fourth-order valence-corrected chi connectivity index (χ4v) is 2.66. The Kier molecular flexibility index (Phi) is 5.21. The predicted molar refractivity (Wildman–Crippen MR) is 77.1 cm³/mol. The standard InChI is InChI=1S/C15H23N3O2/c1-2-13-15(20)16-8-6-12-18(13)14(19)7-5-11-17-9-3-4-10-17/h3-4,9-10,13H,2,5-8,11-12H2,1H3,(H,16,20)/t13-/m1/s1. The molecule has 110 valence electrons. The van der Waals surface area contributed by atoms with Gasteiger partial charge in [0.1, 0.15) is 6.04 Å². The number of nitrogens with zero attached hydrogens (tertiary/aromatic N) is 2. The monoisotopic (exact) mass is 277 g/mol. The highest BCUT2D eigenvalue weighted by Crippen LogP contribution is 2.12. The Morgan fingerprint density at radius 1 is 1.40 bits per heavy atom. The first kappa shape index (κ1) is 14.6. The Balaban J connectivity index is 1.87. The van der Waals surface area contributed by atoms with Crippen LogP contribution in [0.3, 0.4) is 0 Å². The highest BCUT2D eigenvalue weighted by molar-refractivity contribution is 5.88. The Labute approximate surface area is 119 Å². The Morgan fingerprint density at radius 3 is 2.85 bits per heavy atom. The van der Waals surface area contributed by atoms with E-state index in [1.54, 1.807) is 4.90 Å². The minimum atomic E-state index is -0.295. The Hall–Kier alpha value is -1.78. The molecule has 20 heavy (non-hydrogen) atoms. The molecule has 0 bridgehead atoms. The van der Waals surface area contributed by atoms with E-state index in [2.05, 4.69) is 9.88 Å². The van der Waals surface area contributed by atoms with Crippen LogP contribution in [0.1, 0.15) is 32.6 Å². The summed E-state index contributed by atoms with van der Waals surface area (Å²) in [4.78, 5) is 26.0. The van der Waals surface area contributed by atoms with Gasteiger partial charge in [0, 0.05) is 38.4 Å². The molecule has 0 aliphatic carbocycles. The van der Waals surface area contributed by atoms with Gasteiger partial charge in [-0.15, -0.1) is 0 Å². The number of nitrogens with one attached hydrogen (secondary N) is 1. The van der Waals surface area contributed by atoms with Crippen LogP contribution in [-0.4, -0.2) is 40.4 Å². The minimum absolute atomic E-state index is 0.0104. The van der Waals surface area contributed by atoms with Crippen molar-refractivity contribution in [3.8, 4) is 0 Å².